The summed E-state index contributed by atoms with van der Waals surface area (Å²) in [4.78, 5) is 0.0769. The molecular weight excluding hydrogens is 312 g/mol. The number of aryl methyl sites for hydroxylation is 1. The molecule has 5 nitrogen and oxygen atoms in total. The van der Waals surface area contributed by atoms with Crippen LogP contribution in [0, 0.1) is 12.8 Å². The summed E-state index contributed by atoms with van der Waals surface area (Å²) in [6.45, 7) is 5.76. The normalized spacial score (nSPS) is 19.3. The van der Waals surface area contributed by atoms with Gasteiger partial charge in [-0.2, -0.15) is 4.31 Å². The van der Waals surface area contributed by atoms with E-state index in [1.165, 1.54) is 10.4 Å². The van der Waals surface area contributed by atoms with Crippen LogP contribution in [0.25, 0.3) is 0 Å². The third-order valence-corrected chi connectivity index (χ3v) is 6.18. The largest absolute Gasteiger partial charge is 0.398 e. The number of nitrogens with two attached hydrogens (primary N) is 1. The fourth-order valence-corrected chi connectivity index (χ4v) is 4.53. The van der Waals surface area contributed by atoms with Gasteiger partial charge in [-0.3, -0.25) is 0 Å². The smallest absolute Gasteiger partial charge is 0.244 e. The van der Waals surface area contributed by atoms with Gasteiger partial charge in [0.15, 0.2) is 0 Å². The number of nitrogen functional groups attached to an aromatic ring is 1. The maximum absolute atomic E-state index is 12.8. The molecule has 1 aliphatic heterocycles. The molecule has 2 rings (SSSR count). The van der Waals surface area contributed by atoms with Crippen molar-refractivity contribution in [1.29, 1.82) is 0 Å². The Labute approximate surface area is 131 Å². The molecule has 1 unspecified atom stereocenters. The highest BCUT2D eigenvalue weighted by molar-refractivity contribution is 7.89. The van der Waals surface area contributed by atoms with Gasteiger partial charge < -0.3 is 10.5 Å². The van der Waals surface area contributed by atoms with Gasteiger partial charge in [-0.25, -0.2) is 8.42 Å². The zero-order chi connectivity index (χ0) is 15.6. The topological polar surface area (TPSA) is 72.6 Å². The molecule has 0 spiro atoms. The molecule has 0 aromatic heterocycles. The maximum Gasteiger partial charge on any atom is 0.244 e. The van der Waals surface area contributed by atoms with E-state index in [-0.39, 0.29) is 15.8 Å². The molecule has 0 amide bonds. The Balaban J connectivity index is 2.32. The van der Waals surface area contributed by atoms with Crippen molar-refractivity contribution in [2.75, 3.05) is 32.0 Å². The third-order valence-electron chi connectivity index (χ3n) is 3.78. The minimum Gasteiger partial charge on any atom is -0.398 e. The van der Waals surface area contributed by atoms with E-state index in [4.69, 9.17) is 22.1 Å². The van der Waals surface area contributed by atoms with Crippen LogP contribution in [0.1, 0.15) is 18.9 Å². The summed E-state index contributed by atoms with van der Waals surface area (Å²) in [7, 11) is -3.64. The van der Waals surface area contributed by atoms with E-state index in [1.807, 2.05) is 6.92 Å². The second-order valence-electron chi connectivity index (χ2n) is 5.32. The lowest BCUT2D eigenvalue weighted by atomic mass is 10.1. The summed E-state index contributed by atoms with van der Waals surface area (Å²) in [5, 5.41) is 0.211. The highest BCUT2D eigenvalue weighted by Gasteiger charge is 2.29. The minimum absolute atomic E-state index is 0.0769. The molecule has 1 aliphatic rings. The Hall–Kier alpha value is -0.820. The molecule has 1 aromatic rings. The molecule has 0 bridgehead atoms. The lowest BCUT2D eigenvalue weighted by Gasteiger charge is -2.24. The van der Waals surface area contributed by atoms with E-state index >= 15 is 0 Å². The lowest BCUT2D eigenvalue weighted by Crippen LogP contribution is -2.35. The standard InChI is InChI=1S/C14H21ClN2O3S/c1-3-17(8-11-4-5-20-9-11)21(18,19)14-7-13(16)10(2)6-12(14)15/h6-7,11H,3-5,8-9,16H2,1-2H3. The van der Waals surface area contributed by atoms with Crippen LogP contribution in [0.5, 0.6) is 0 Å². The van der Waals surface area contributed by atoms with Crippen LogP contribution in [-0.2, 0) is 14.8 Å². The first kappa shape index (κ1) is 16.5. The molecule has 0 aliphatic carbocycles. The van der Waals surface area contributed by atoms with Crippen LogP contribution in [0.3, 0.4) is 0 Å². The summed E-state index contributed by atoms with van der Waals surface area (Å²) in [6, 6.07) is 3.04. The monoisotopic (exact) mass is 332 g/mol. The summed E-state index contributed by atoms with van der Waals surface area (Å²) in [5.74, 6) is 0.237. The molecule has 7 heteroatoms. The molecule has 0 radical (unpaired) electrons. The quantitative estimate of drug-likeness (QED) is 0.839. The van der Waals surface area contributed by atoms with Crippen LogP contribution in [-0.4, -0.2) is 39.0 Å². The van der Waals surface area contributed by atoms with Crippen LogP contribution in [0.2, 0.25) is 5.02 Å². The zero-order valence-electron chi connectivity index (χ0n) is 12.3. The molecule has 1 heterocycles. The Kier molecular flexibility index (Phi) is 5.14. The minimum atomic E-state index is -3.64. The van der Waals surface area contributed by atoms with Crippen LogP contribution >= 0.6 is 11.6 Å². The van der Waals surface area contributed by atoms with Gasteiger partial charge in [0.1, 0.15) is 4.90 Å². The highest BCUT2D eigenvalue weighted by atomic mass is 35.5. The molecule has 1 fully saturated rings. The van der Waals surface area contributed by atoms with Crippen LogP contribution in [0.15, 0.2) is 17.0 Å². The van der Waals surface area contributed by atoms with E-state index < -0.39 is 10.0 Å². The van der Waals surface area contributed by atoms with Crippen molar-refractivity contribution < 1.29 is 13.2 Å². The Morgan fingerprint density at radius 3 is 2.76 bits per heavy atom. The number of halogens is 1. The third kappa shape index (κ3) is 3.51. The van der Waals surface area contributed by atoms with Gasteiger partial charge in [0.05, 0.1) is 11.6 Å². The van der Waals surface area contributed by atoms with E-state index in [0.717, 1.165) is 12.0 Å². The van der Waals surface area contributed by atoms with Crippen molar-refractivity contribution in [2.24, 2.45) is 5.92 Å². The van der Waals surface area contributed by atoms with E-state index in [2.05, 4.69) is 0 Å². The van der Waals surface area contributed by atoms with Crippen molar-refractivity contribution in [1.82, 2.24) is 4.31 Å². The second-order valence-corrected chi connectivity index (χ2v) is 7.64. The predicted molar refractivity (Wildman–Crippen MR) is 84.0 cm³/mol. The van der Waals surface area contributed by atoms with E-state index in [1.54, 1.807) is 13.0 Å². The number of hydrogen-bond acceptors (Lipinski definition) is 4. The maximum atomic E-state index is 12.8. The number of hydrogen-bond donors (Lipinski definition) is 1. The number of nitrogens with zero attached hydrogens (tertiary/aromatic N) is 1. The van der Waals surface area contributed by atoms with Gasteiger partial charge in [-0.15, -0.1) is 0 Å². The summed E-state index contributed by atoms with van der Waals surface area (Å²) in [6.07, 6.45) is 0.885. The van der Waals surface area contributed by atoms with Gasteiger partial charge in [-0.05, 0) is 37.0 Å². The van der Waals surface area contributed by atoms with Crippen molar-refractivity contribution in [3.8, 4) is 0 Å². The molecule has 118 valence electrons. The van der Waals surface area contributed by atoms with Gasteiger partial charge in [0, 0.05) is 25.4 Å². The SMILES string of the molecule is CCN(CC1CCOC1)S(=O)(=O)c1cc(N)c(C)cc1Cl. The lowest BCUT2D eigenvalue weighted by molar-refractivity contribution is 0.181. The number of anilines is 1. The van der Waals surface area contributed by atoms with Crippen molar-refractivity contribution >= 4 is 27.3 Å². The molecule has 21 heavy (non-hydrogen) atoms. The second kappa shape index (κ2) is 6.52. The Bertz CT molecular complexity index is 613. The summed E-state index contributed by atoms with van der Waals surface area (Å²) < 4.78 is 32.3. The summed E-state index contributed by atoms with van der Waals surface area (Å²) in [5.41, 5.74) is 7.03. The number of rotatable bonds is 5. The van der Waals surface area contributed by atoms with Gasteiger partial charge in [0.25, 0.3) is 0 Å². The van der Waals surface area contributed by atoms with Gasteiger partial charge >= 0.3 is 0 Å². The molecule has 0 saturated carbocycles. The number of ether oxygens (including phenoxy) is 1. The molecule has 1 aromatic carbocycles. The summed E-state index contributed by atoms with van der Waals surface area (Å²) >= 11 is 6.12. The molecule has 1 saturated heterocycles. The Morgan fingerprint density at radius 1 is 1.48 bits per heavy atom. The fourth-order valence-electron chi connectivity index (χ4n) is 2.42. The van der Waals surface area contributed by atoms with Crippen molar-refractivity contribution in [2.45, 2.75) is 25.2 Å². The Morgan fingerprint density at radius 2 is 2.19 bits per heavy atom. The zero-order valence-corrected chi connectivity index (χ0v) is 13.9. The molecular formula is C14H21ClN2O3S. The first-order chi connectivity index (χ1) is 9.86. The molecule has 1 atom stereocenters. The highest BCUT2D eigenvalue weighted by Crippen LogP contribution is 2.30. The van der Waals surface area contributed by atoms with E-state index in [9.17, 15) is 8.42 Å². The van der Waals surface area contributed by atoms with E-state index in [0.29, 0.717) is 32.0 Å². The first-order valence-electron chi connectivity index (χ1n) is 6.99. The van der Waals surface area contributed by atoms with Crippen molar-refractivity contribution in [3.63, 3.8) is 0 Å². The average molecular weight is 333 g/mol. The fraction of sp³-hybridized carbons (Fsp3) is 0.571. The number of benzene rings is 1. The average Bonchev–Trinajstić information content (AvgIpc) is 2.92. The number of sulfonamides is 1. The van der Waals surface area contributed by atoms with Crippen LogP contribution in [0.4, 0.5) is 5.69 Å². The predicted octanol–water partition coefficient (Wildman–Crippen LogP) is 2.28. The van der Waals surface area contributed by atoms with Gasteiger partial charge in [-0.1, -0.05) is 18.5 Å². The molecule has 2 N–H and O–H groups in total. The van der Waals surface area contributed by atoms with Gasteiger partial charge in [0.2, 0.25) is 10.0 Å². The van der Waals surface area contributed by atoms with Crippen molar-refractivity contribution in [3.05, 3.63) is 22.7 Å². The first-order valence-corrected chi connectivity index (χ1v) is 8.81. The van der Waals surface area contributed by atoms with Crippen LogP contribution < -0.4 is 5.73 Å².